The van der Waals surface area contributed by atoms with Gasteiger partial charge in [-0.15, -0.1) is 0 Å². The lowest BCUT2D eigenvalue weighted by atomic mass is 9.89. The average Bonchev–Trinajstić information content (AvgIpc) is 2.66. The van der Waals surface area contributed by atoms with Crippen molar-refractivity contribution in [2.24, 2.45) is 5.92 Å². The van der Waals surface area contributed by atoms with Crippen LogP contribution in [-0.2, 0) is 9.53 Å². The maximum atomic E-state index is 12.6. The Bertz CT molecular complexity index is 686. The number of ether oxygens (including phenoxy) is 2. The molecule has 0 aliphatic carbocycles. The van der Waals surface area contributed by atoms with Crippen LogP contribution in [0, 0.1) is 5.92 Å². The van der Waals surface area contributed by atoms with Crippen LogP contribution in [0.15, 0.2) is 24.3 Å². The molecule has 0 atom stereocenters. The number of nitrogens with zero attached hydrogens (tertiary/aromatic N) is 1. The van der Waals surface area contributed by atoms with Crippen molar-refractivity contribution in [3.05, 3.63) is 29.8 Å². The third kappa shape index (κ3) is 6.55. The van der Waals surface area contributed by atoms with E-state index in [-0.39, 0.29) is 30.6 Å². The van der Waals surface area contributed by atoms with Crippen molar-refractivity contribution < 1.29 is 23.9 Å². The quantitative estimate of drug-likeness (QED) is 0.755. The van der Waals surface area contributed by atoms with Gasteiger partial charge in [-0.05, 0) is 57.9 Å². The molecule has 1 aromatic carbocycles. The molecule has 2 rings (SSSR count). The normalized spacial score (nSPS) is 15.1. The van der Waals surface area contributed by atoms with Crippen LogP contribution in [0.5, 0.6) is 5.75 Å². The number of amides is 2. The summed E-state index contributed by atoms with van der Waals surface area (Å²) in [6.07, 6.45) is 0.992. The van der Waals surface area contributed by atoms with Gasteiger partial charge in [0.05, 0.1) is 7.11 Å². The molecule has 0 radical (unpaired) electrons. The number of carbonyl (C=O) groups excluding carboxylic acids is 3. The Morgan fingerprint density at radius 2 is 1.71 bits per heavy atom. The van der Waals surface area contributed by atoms with E-state index in [0.717, 1.165) is 5.75 Å². The fourth-order valence-electron chi connectivity index (χ4n) is 3.13. The number of benzene rings is 1. The third-order valence-corrected chi connectivity index (χ3v) is 4.60. The minimum atomic E-state index is -0.563. The summed E-state index contributed by atoms with van der Waals surface area (Å²) in [6.45, 7) is 6.70. The molecule has 7 heteroatoms. The highest BCUT2D eigenvalue weighted by molar-refractivity contribution is 5.98. The van der Waals surface area contributed by atoms with E-state index in [1.54, 1.807) is 57.0 Å². The molecule has 154 valence electrons. The minimum absolute atomic E-state index is 0.0218. The third-order valence-electron chi connectivity index (χ3n) is 4.60. The zero-order valence-corrected chi connectivity index (χ0v) is 17.1. The standard InChI is InChI=1S/C21H30N2O5/c1-21(2,3)28-20(26)22-12-9-18(24)23-13-10-16(11-14-23)19(25)15-5-7-17(27-4)8-6-15/h5-8,16H,9-14H2,1-4H3,(H,22,26). The van der Waals surface area contributed by atoms with Crippen LogP contribution in [0.1, 0.15) is 50.4 Å². The van der Waals surface area contributed by atoms with E-state index in [4.69, 9.17) is 9.47 Å². The lowest BCUT2D eigenvalue weighted by Gasteiger charge is -2.31. The van der Waals surface area contributed by atoms with Crippen LogP contribution in [0.4, 0.5) is 4.79 Å². The molecule has 0 unspecified atom stereocenters. The molecule has 1 aromatic rings. The summed E-state index contributed by atoms with van der Waals surface area (Å²) in [7, 11) is 1.59. The van der Waals surface area contributed by atoms with Gasteiger partial charge >= 0.3 is 6.09 Å². The molecular formula is C21H30N2O5. The van der Waals surface area contributed by atoms with Crippen LogP contribution < -0.4 is 10.1 Å². The molecule has 1 aliphatic rings. The fourth-order valence-corrected chi connectivity index (χ4v) is 3.13. The summed E-state index contributed by atoms with van der Waals surface area (Å²) < 4.78 is 10.3. The van der Waals surface area contributed by atoms with E-state index in [9.17, 15) is 14.4 Å². The van der Waals surface area contributed by atoms with E-state index in [1.807, 2.05) is 0 Å². The second kappa shape index (κ2) is 9.57. The van der Waals surface area contributed by atoms with Crippen molar-refractivity contribution in [2.75, 3.05) is 26.7 Å². The number of nitrogens with one attached hydrogen (secondary N) is 1. The number of piperidine rings is 1. The van der Waals surface area contributed by atoms with Gasteiger partial charge in [-0.1, -0.05) is 0 Å². The molecule has 1 heterocycles. The van der Waals surface area contributed by atoms with Crippen LogP contribution in [-0.4, -0.2) is 55.0 Å². The van der Waals surface area contributed by atoms with Gasteiger partial charge in [0, 0.05) is 37.5 Å². The summed E-state index contributed by atoms with van der Waals surface area (Å²) in [5.74, 6) is 0.738. The molecular weight excluding hydrogens is 360 g/mol. The number of methoxy groups -OCH3 is 1. The van der Waals surface area contributed by atoms with Crippen LogP contribution >= 0.6 is 0 Å². The maximum Gasteiger partial charge on any atom is 0.407 e. The summed E-state index contributed by atoms with van der Waals surface area (Å²) in [5.41, 5.74) is 0.110. The molecule has 28 heavy (non-hydrogen) atoms. The van der Waals surface area contributed by atoms with Gasteiger partial charge < -0.3 is 19.7 Å². The van der Waals surface area contributed by atoms with Gasteiger partial charge in [0.15, 0.2) is 5.78 Å². The average molecular weight is 390 g/mol. The van der Waals surface area contributed by atoms with Crippen molar-refractivity contribution in [2.45, 2.75) is 45.6 Å². The summed E-state index contributed by atoms with van der Waals surface area (Å²) >= 11 is 0. The number of carbonyl (C=O) groups is 3. The van der Waals surface area contributed by atoms with Gasteiger partial charge in [0.1, 0.15) is 11.4 Å². The van der Waals surface area contributed by atoms with Crippen LogP contribution in [0.25, 0.3) is 0 Å². The van der Waals surface area contributed by atoms with E-state index >= 15 is 0 Å². The lowest BCUT2D eigenvalue weighted by Crippen LogP contribution is -2.42. The Morgan fingerprint density at radius 1 is 1.11 bits per heavy atom. The smallest absolute Gasteiger partial charge is 0.407 e. The molecule has 1 fully saturated rings. The fraction of sp³-hybridized carbons (Fsp3) is 0.571. The summed E-state index contributed by atoms with van der Waals surface area (Å²) in [4.78, 5) is 38.3. The Kier molecular flexibility index (Phi) is 7.43. The zero-order valence-electron chi connectivity index (χ0n) is 17.1. The summed E-state index contributed by atoms with van der Waals surface area (Å²) in [6, 6.07) is 7.12. The SMILES string of the molecule is COc1ccc(C(=O)C2CCN(C(=O)CCNC(=O)OC(C)(C)C)CC2)cc1. The first-order valence-corrected chi connectivity index (χ1v) is 9.62. The van der Waals surface area contributed by atoms with E-state index in [1.165, 1.54) is 0 Å². The number of Topliss-reactive ketones (excluding diaryl/α,β-unsaturated/α-hetero) is 1. The first kappa shape index (κ1) is 21.7. The Morgan fingerprint density at radius 3 is 2.25 bits per heavy atom. The Balaban J connectivity index is 1.74. The van der Waals surface area contributed by atoms with E-state index in [2.05, 4.69) is 5.32 Å². The van der Waals surface area contributed by atoms with Gasteiger partial charge in [-0.2, -0.15) is 0 Å². The lowest BCUT2D eigenvalue weighted by molar-refractivity contribution is -0.132. The largest absolute Gasteiger partial charge is 0.497 e. The van der Waals surface area contributed by atoms with Gasteiger partial charge in [-0.3, -0.25) is 9.59 Å². The molecule has 0 spiro atoms. The Hall–Kier alpha value is -2.57. The number of alkyl carbamates (subject to hydrolysis) is 1. The van der Waals surface area contributed by atoms with Gasteiger partial charge in [0.2, 0.25) is 5.91 Å². The van der Waals surface area contributed by atoms with Crippen LogP contribution in [0.3, 0.4) is 0 Å². The number of hydrogen-bond acceptors (Lipinski definition) is 5. The van der Waals surface area contributed by atoms with Crippen molar-refractivity contribution in [1.82, 2.24) is 10.2 Å². The van der Waals surface area contributed by atoms with Gasteiger partial charge in [-0.25, -0.2) is 4.79 Å². The number of likely N-dealkylation sites (tertiary alicyclic amines) is 1. The highest BCUT2D eigenvalue weighted by atomic mass is 16.6. The molecule has 1 aliphatic heterocycles. The first-order chi connectivity index (χ1) is 13.2. The van der Waals surface area contributed by atoms with Crippen molar-refractivity contribution in [3.8, 4) is 5.75 Å². The molecule has 7 nitrogen and oxygen atoms in total. The second-order valence-corrected chi connectivity index (χ2v) is 7.93. The predicted octanol–water partition coefficient (Wildman–Crippen LogP) is 3.03. The highest BCUT2D eigenvalue weighted by Crippen LogP contribution is 2.23. The number of rotatable bonds is 6. The van der Waals surface area contributed by atoms with Crippen molar-refractivity contribution in [1.29, 1.82) is 0 Å². The predicted molar refractivity (Wildman–Crippen MR) is 105 cm³/mol. The molecule has 0 saturated carbocycles. The summed E-state index contributed by atoms with van der Waals surface area (Å²) in [5, 5.41) is 2.59. The van der Waals surface area contributed by atoms with Crippen LogP contribution in [0.2, 0.25) is 0 Å². The zero-order chi connectivity index (χ0) is 20.7. The van der Waals surface area contributed by atoms with Crippen molar-refractivity contribution in [3.63, 3.8) is 0 Å². The minimum Gasteiger partial charge on any atom is -0.497 e. The second-order valence-electron chi connectivity index (χ2n) is 7.93. The maximum absolute atomic E-state index is 12.6. The molecule has 1 saturated heterocycles. The topological polar surface area (TPSA) is 84.9 Å². The monoisotopic (exact) mass is 390 g/mol. The van der Waals surface area contributed by atoms with E-state index < -0.39 is 11.7 Å². The van der Waals surface area contributed by atoms with Gasteiger partial charge in [0.25, 0.3) is 0 Å². The van der Waals surface area contributed by atoms with E-state index in [0.29, 0.717) is 31.5 Å². The highest BCUT2D eigenvalue weighted by Gasteiger charge is 2.28. The number of ketones is 1. The van der Waals surface area contributed by atoms with Crippen molar-refractivity contribution >= 4 is 17.8 Å². The Labute approximate surface area is 166 Å². The number of hydrogen-bond donors (Lipinski definition) is 1. The molecule has 1 N–H and O–H groups in total. The molecule has 2 amide bonds. The molecule has 0 bridgehead atoms. The molecule has 0 aromatic heterocycles. The first-order valence-electron chi connectivity index (χ1n) is 9.62.